The Morgan fingerprint density at radius 2 is 2.21 bits per heavy atom. The number of rotatable bonds is 3. The van der Waals surface area contributed by atoms with E-state index in [9.17, 15) is 14.3 Å². The van der Waals surface area contributed by atoms with Gasteiger partial charge in [0.1, 0.15) is 11.6 Å². The third-order valence-corrected chi connectivity index (χ3v) is 2.25. The Morgan fingerprint density at radius 1 is 1.57 bits per heavy atom. The van der Waals surface area contributed by atoms with Gasteiger partial charge in [0, 0.05) is 10.9 Å². The summed E-state index contributed by atoms with van der Waals surface area (Å²) >= 11 is 3.02. The zero-order valence-electron chi connectivity index (χ0n) is 7.68. The first-order valence-corrected chi connectivity index (χ1v) is 5.06. The molecule has 0 atom stereocenters. The minimum atomic E-state index is -0.685. The van der Waals surface area contributed by atoms with Gasteiger partial charge in [-0.05, 0) is 18.6 Å². The van der Waals surface area contributed by atoms with E-state index in [0.29, 0.717) is 10.9 Å². The molecule has 2 nitrogen and oxygen atoms in total. The highest BCUT2D eigenvalue weighted by Gasteiger charge is 2.16. The van der Waals surface area contributed by atoms with Gasteiger partial charge < -0.3 is 5.11 Å². The Balaban J connectivity index is 3.14. The van der Waals surface area contributed by atoms with E-state index in [4.69, 9.17) is 0 Å². The number of halogens is 2. The average Bonchev–Trinajstić information content (AvgIpc) is 2.01. The third-order valence-electron chi connectivity index (χ3n) is 1.79. The van der Waals surface area contributed by atoms with E-state index in [1.807, 2.05) is 6.92 Å². The van der Waals surface area contributed by atoms with E-state index >= 15 is 0 Å². The normalized spacial score (nSPS) is 10.2. The Morgan fingerprint density at radius 3 is 2.71 bits per heavy atom. The second-order valence-electron chi connectivity index (χ2n) is 2.95. The maximum atomic E-state index is 13.3. The third kappa shape index (κ3) is 2.32. The van der Waals surface area contributed by atoms with Crippen molar-refractivity contribution >= 4 is 21.7 Å². The number of Topliss-reactive ketones (excluding diaryl/α,β-unsaturated/α-hetero) is 1. The Kier molecular flexibility index (Phi) is 3.63. The van der Waals surface area contributed by atoms with Gasteiger partial charge in [0.15, 0.2) is 5.78 Å². The van der Waals surface area contributed by atoms with Crippen molar-refractivity contribution in [3.8, 4) is 5.75 Å². The minimum Gasteiger partial charge on any atom is -0.507 e. The SMILES string of the molecule is CCCC(=O)c1c(O)cc(Br)cc1F. The molecule has 0 fully saturated rings. The Bertz CT molecular complexity index is 340. The smallest absolute Gasteiger partial charge is 0.169 e. The summed E-state index contributed by atoms with van der Waals surface area (Å²) in [6.07, 6.45) is 0.875. The summed E-state index contributed by atoms with van der Waals surface area (Å²) in [6, 6.07) is 2.48. The van der Waals surface area contributed by atoms with Crippen LogP contribution in [0.5, 0.6) is 5.75 Å². The van der Waals surface area contributed by atoms with Crippen molar-refractivity contribution in [1.29, 1.82) is 0 Å². The zero-order chi connectivity index (χ0) is 10.7. The molecule has 4 heteroatoms. The molecular weight excluding hydrogens is 251 g/mol. The van der Waals surface area contributed by atoms with Crippen LogP contribution in [0.1, 0.15) is 30.1 Å². The highest BCUT2D eigenvalue weighted by atomic mass is 79.9. The van der Waals surface area contributed by atoms with Crippen LogP contribution in [0.4, 0.5) is 4.39 Å². The largest absolute Gasteiger partial charge is 0.507 e. The fourth-order valence-corrected chi connectivity index (χ4v) is 1.61. The fraction of sp³-hybridized carbons (Fsp3) is 0.300. The highest BCUT2D eigenvalue weighted by molar-refractivity contribution is 9.10. The molecule has 0 radical (unpaired) electrons. The van der Waals surface area contributed by atoms with Crippen LogP contribution in [0.25, 0.3) is 0 Å². The first-order valence-electron chi connectivity index (χ1n) is 4.27. The first kappa shape index (κ1) is 11.2. The molecule has 0 unspecified atom stereocenters. The second kappa shape index (κ2) is 4.55. The number of ketones is 1. The molecule has 0 bridgehead atoms. The molecule has 0 heterocycles. The van der Waals surface area contributed by atoms with Gasteiger partial charge in [0.05, 0.1) is 5.56 Å². The number of carbonyl (C=O) groups is 1. The summed E-state index contributed by atoms with van der Waals surface area (Å²) in [5.74, 6) is -1.36. The minimum absolute atomic E-state index is 0.213. The van der Waals surface area contributed by atoms with Crippen molar-refractivity contribution in [1.82, 2.24) is 0 Å². The van der Waals surface area contributed by atoms with Gasteiger partial charge in [-0.15, -0.1) is 0 Å². The molecule has 0 spiro atoms. The van der Waals surface area contributed by atoms with Crippen LogP contribution in [-0.4, -0.2) is 10.9 Å². The monoisotopic (exact) mass is 260 g/mol. The van der Waals surface area contributed by atoms with Gasteiger partial charge in [-0.2, -0.15) is 0 Å². The van der Waals surface area contributed by atoms with Crippen LogP contribution in [0.15, 0.2) is 16.6 Å². The van der Waals surface area contributed by atoms with E-state index in [1.165, 1.54) is 12.1 Å². The number of hydrogen-bond donors (Lipinski definition) is 1. The van der Waals surface area contributed by atoms with Gasteiger partial charge in [0.2, 0.25) is 0 Å². The lowest BCUT2D eigenvalue weighted by molar-refractivity contribution is 0.0975. The number of phenolic OH excluding ortho intramolecular Hbond substituents is 1. The summed E-state index contributed by atoms with van der Waals surface area (Å²) in [5.41, 5.74) is -0.213. The molecule has 76 valence electrons. The van der Waals surface area contributed by atoms with E-state index in [1.54, 1.807) is 0 Å². The van der Waals surface area contributed by atoms with Crippen molar-refractivity contribution < 1.29 is 14.3 Å². The van der Waals surface area contributed by atoms with E-state index in [-0.39, 0.29) is 23.5 Å². The number of hydrogen-bond acceptors (Lipinski definition) is 2. The van der Waals surface area contributed by atoms with Crippen molar-refractivity contribution in [2.75, 3.05) is 0 Å². The average molecular weight is 261 g/mol. The van der Waals surface area contributed by atoms with Crippen LogP contribution in [0.2, 0.25) is 0 Å². The zero-order valence-corrected chi connectivity index (χ0v) is 9.27. The van der Waals surface area contributed by atoms with Gasteiger partial charge in [-0.25, -0.2) is 4.39 Å². The maximum Gasteiger partial charge on any atom is 0.169 e. The highest BCUT2D eigenvalue weighted by Crippen LogP contribution is 2.26. The van der Waals surface area contributed by atoms with Crippen molar-refractivity contribution in [3.63, 3.8) is 0 Å². The molecule has 0 aliphatic rings. The summed E-state index contributed by atoms with van der Waals surface area (Å²) < 4.78 is 13.7. The summed E-state index contributed by atoms with van der Waals surface area (Å²) in [5, 5.41) is 9.38. The second-order valence-corrected chi connectivity index (χ2v) is 3.87. The fourth-order valence-electron chi connectivity index (χ4n) is 1.19. The van der Waals surface area contributed by atoms with Gasteiger partial charge in [-0.1, -0.05) is 22.9 Å². The van der Waals surface area contributed by atoms with Crippen molar-refractivity contribution in [2.45, 2.75) is 19.8 Å². The maximum absolute atomic E-state index is 13.3. The van der Waals surface area contributed by atoms with Gasteiger partial charge >= 0.3 is 0 Å². The summed E-state index contributed by atoms with van der Waals surface area (Å²) in [7, 11) is 0. The lowest BCUT2D eigenvalue weighted by Crippen LogP contribution is -2.02. The molecule has 0 aromatic heterocycles. The predicted molar refractivity (Wildman–Crippen MR) is 55.0 cm³/mol. The standard InChI is InChI=1S/C10H10BrFO2/c1-2-3-8(13)10-7(12)4-6(11)5-9(10)14/h4-5,14H,2-3H2,1H3. The number of phenols is 1. The summed E-state index contributed by atoms with van der Waals surface area (Å²) in [4.78, 5) is 11.4. The molecule has 0 aliphatic heterocycles. The molecule has 0 saturated heterocycles. The van der Waals surface area contributed by atoms with Crippen LogP contribution in [0.3, 0.4) is 0 Å². The Labute approximate surface area is 89.9 Å². The van der Waals surface area contributed by atoms with Crippen LogP contribution < -0.4 is 0 Å². The molecule has 1 N–H and O–H groups in total. The van der Waals surface area contributed by atoms with Crippen molar-refractivity contribution in [2.24, 2.45) is 0 Å². The lowest BCUT2D eigenvalue weighted by atomic mass is 10.1. The van der Waals surface area contributed by atoms with Crippen LogP contribution >= 0.6 is 15.9 Å². The van der Waals surface area contributed by atoms with Crippen LogP contribution in [-0.2, 0) is 0 Å². The lowest BCUT2D eigenvalue weighted by Gasteiger charge is -2.04. The van der Waals surface area contributed by atoms with Crippen molar-refractivity contribution in [3.05, 3.63) is 28.0 Å². The first-order chi connectivity index (χ1) is 6.56. The van der Waals surface area contributed by atoms with E-state index < -0.39 is 5.82 Å². The number of carbonyl (C=O) groups excluding carboxylic acids is 1. The van der Waals surface area contributed by atoms with E-state index in [0.717, 1.165) is 0 Å². The Hall–Kier alpha value is -0.900. The molecule has 0 aliphatic carbocycles. The number of benzene rings is 1. The topological polar surface area (TPSA) is 37.3 Å². The summed E-state index contributed by atoms with van der Waals surface area (Å²) in [6.45, 7) is 1.83. The molecular formula is C10H10BrFO2. The number of aromatic hydroxyl groups is 1. The quantitative estimate of drug-likeness (QED) is 0.848. The van der Waals surface area contributed by atoms with Gasteiger partial charge in [-0.3, -0.25) is 4.79 Å². The molecule has 0 saturated carbocycles. The van der Waals surface area contributed by atoms with Crippen LogP contribution in [0, 0.1) is 5.82 Å². The van der Waals surface area contributed by atoms with E-state index in [2.05, 4.69) is 15.9 Å². The molecule has 0 amide bonds. The van der Waals surface area contributed by atoms with Gasteiger partial charge in [0.25, 0.3) is 0 Å². The molecule has 1 rings (SSSR count). The molecule has 1 aromatic rings. The predicted octanol–water partition coefficient (Wildman–Crippen LogP) is 3.28. The molecule has 1 aromatic carbocycles. The molecule has 14 heavy (non-hydrogen) atoms.